The Morgan fingerprint density at radius 1 is 1.24 bits per heavy atom. The predicted octanol–water partition coefficient (Wildman–Crippen LogP) is 2.89. The third kappa shape index (κ3) is 3.50. The first-order valence-electron chi connectivity index (χ1n) is 7.87. The van der Waals surface area contributed by atoms with E-state index < -0.39 is 10.8 Å². The lowest BCUT2D eigenvalue weighted by molar-refractivity contribution is -0.384. The maximum Gasteiger partial charge on any atom is 0.271 e. The highest BCUT2D eigenvalue weighted by Gasteiger charge is 2.35. The fourth-order valence-electron chi connectivity index (χ4n) is 2.92. The molecule has 0 aromatic heterocycles. The summed E-state index contributed by atoms with van der Waals surface area (Å²) in [5.74, 6) is -0.912. The van der Waals surface area contributed by atoms with Crippen molar-refractivity contribution >= 4 is 28.9 Å². The van der Waals surface area contributed by atoms with Gasteiger partial charge in [0.05, 0.1) is 10.8 Å². The van der Waals surface area contributed by atoms with E-state index in [0.29, 0.717) is 12.2 Å². The lowest BCUT2D eigenvalue weighted by atomic mass is 10.1. The highest BCUT2D eigenvalue weighted by molar-refractivity contribution is 6.03. The second-order valence-corrected chi connectivity index (χ2v) is 5.99. The fourth-order valence-corrected chi connectivity index (χ4v) is 2.92. The van der Waals surface area contributed by atoms with E-state index in [1.165, 1.54) is 18.2 Å². The Morgan fingerprint density at radius 3 is 2.72 bits per heavy atom. The largest absolute Gasteiger partial charge is 0.326 e. The van der Waals surface area contributed by atoms with Gasteiger partial charge in [-0.1, -0.05) is 24.3 Å². The van der Waals surface area contributed by atoms with Crippen molar-refractivity contribution in [1.29, 1.82) is 0 Å². The number of para-hydroxylation sites is 1. The number of benzene rings is 2. The molecule has 0 radical (unpaired) electrons. The van der Waals surface area contributed by atoms with Crippen molar-refractivity contribution in [3.05, 3.63) is 64.2 Å². The molecule has 7 nitrogen and oxygen atoms in total. The molecule has 2 amide bonds. The number of nitro groups is 1. The molecule has 1 aliphatic heterocycles. The smallest absolute Gasteiger partial charge is 0.271 e. The third-order valence-electron chi connectivity index (χ3n) is 4.23. The van der Waals surface area contributed by atoms with Gasteiger partial charge >= 0.3 is 0 Å². The molecule has 0 bridgehead atoms. The number of carbonyl (C=O) groups excluding carboxylic acids is 2. The molecule has 1 saturated heterocycles. The molecule has 1 fully saturated rings. The van der Waals surface area contributed by atoms with Gasteiger partial charge in [0.1, 0.15) is 0 Å². The van der Waals surface area contributed by atoms with Crippen LogP contribution in [-0.2, 0) is 9.59 Å². The number of amides is 2. The number of rotatable bonds is 4. The van der Waals surface area contributed by atoms with Gasteiger partial charge in [-0.25, -0.2) is 0 Å². The molecule has 2 aromatic rings. The van der Waals surface area contributed by atoms with Crippen molar-refractivity contribution in [3.63, 3.8) is 0 Å². The van der Waals surface area contributed by atoms with E-state index in [1.54, 1.807) is 11.0 Å². The maximum atomic E-state index is 12.4. The normalized spacial score (nSPS) is 16.8. The first kappa shape index (κ1) is 16.6. The molecule has 0 saturated carbocycles. The Kier molecular flexibility index (Phi) is 4.47. The van der Waals surface area contributed by atoms with Gasteiger partial charge in [-0.3, -0.25) is 19.7 Å². The zero-order valence-electron chi connectivity index (χ0n) is 13.6. The van der Waals surface area contributed by atoms with E-state index in [2.05, 4.69) is 5.32 Å². The van der Waals surface area contributed by atoms with Gasteiger partial charge < -0.3 is 10.2 Å². The maximum absolute atomic E-state index is 12.4. The summed E-state index contributed by atoms with van der Waals surface area (Å²) < 4.78 is 0. The molecular formula is C18H17N3O4. The minimum absolute atomic E-state index is 0.0955. The van der Waals surface area contributed by atoms with Crippen molar-refractivity contribution < 1.29 is 14.5 Å². The summed E-state index contributed by atoms with van der Waals surface area (Å²) >= 11 is 0. The number of nitro benzene ring substituents is 1. The Hall–Kier alpha value is -3.22. The van der Waals surface area contributed by atoms with Gasteiger partial charge in [0, 0.05) is 36.5 Å². The van der Waals surface area contributed by atoms with E-state index >= 15 is 0 Å². The lowest BCUT2D eigenvalue weighted by Gasteiger charge is -2.18. The summed E-state index contributed by atoms with van der Waals surface area (Å²) in [5.41, 5.74) is 2.02. The van der Waals surface area contributed by atoms with Crippen molar-refractivity contribution in [2.75, 3.05) is 16.8 Å². The minimum Gasteiger partial charge on any atom is -0.326 e. The quantitative estimate of drug-likeness (QED) is 0.685. The molecule has 1 heterocycles. The van der Waals surface area contributed by atoms with E-state index in [1.807, 2.05) is 31.2 Å². The molecule has 0 spiro atoms. The number of carbonyl (C=O) groups is 2. The zero-order valence-corrected chi connectivity index (χ0v) is 13.6. The first-order valence-corrected chi connectivity index (χ1v) is 7.87. The molecular weight excluding hydrogens is 322 g/mol. The van der Waals surface area contributed by atoms with E-state index in [-0.39, 0.29) is 23.9 Å². The van der Waals surface area contributed by atoms with Crippen LogP contribution < -0.4 is 10.2 Å². The average molecular weight is 339 g/mol. The molecule has 1 aliphatic rings. The number of aryl methyl sites for hydroxylation is 1. The minimum atomic E-state index is -0.519. The topological polar surface area (TPSA) is 92.6 Å². The number of anilines is 2. The molecule has 0 aliphatic carbocycles. The van der Waals surface area contributed by atoms with Crippen molar-refractivity contribution in [2.45, 2.75) is 13.3 Å². The SMILES string of the molecule is Cc1ccccc1N1C[C@@H](C(=O)Nc2cccc([N+](=O)[O-])c2)CC1=O. The number of nitrogens with zero attached hydrogens (tertiary/aromatic N) is 2. The van der Waals surface area contributed by atoms with Crippen LogP contribution in [-0.4, -0.2) is 23.3 Å². The van der Waals surface area contributed by atoms with Crippen LogP contribution in [0.3, 0.4) is 0 Å². The summed E-state index contributed by atoms with van der Waals surface area (Å²) in [6.45, 7) is 2.21. The van der Waals surface area contributed by atoms with Gasteiger partial charge in [-0.05, 0) is 24.6 Å². The molecule has 0 unspecified atom stereocenters. The molecule has 3 rings (SSSR count). The number of hydrogen-bond acceptors (Lipinski definition) is 4. The van der Waals surface area contributed by atoms with Crippen LogP contribution in [0.2, 0.25) is 0 Å². The van der Waals surface area contributed by atoms with Gasteiger partial charge in [0.2, 0.25) is 11.8 Å². The number of hydrogen-bond donors (Lipinski definition) is 1. The van der Waals surface area contributed by atoms with Gasteiger partial charge in [-0.15, -0.1) is 0 Å². The second-order valence-electron chi connectivity index (χ2n) is 5.99. The molecule has 25 heavy (non-hydrogen) atoms. The second kappa shape index (κ2) is 6.72. The van der Waals surface area contributed by atoms with Gasteiger partial charge in [0.15, 0.2) is 0 Å². The molecule has 128 valence electrons. The van der Waals surface area contributed by atoms with Crippen LogP contribution >= 0.6 is 0 Å². The van der Waals surface area contributed by atoms with Crippen molar-refractivity contribution in [2.24, 2.45) is 5.92 Å². The van der Waals surface area contributed by atoms with E-state index in [0.717, 1.165) is 11.3 Å². The molecule has 2 aromatic carbocycles. The summed E-state index contributed by atoms with van der Waals surface area (Å²) in [6, 6.07) is 13.3. The molecule has 1 N–H and O–H groups in total. The monoisotopic (exact) mass is 339 g/mol. The summed E-state index contributed by atoms with van der Waals surface area (Å²) in [6.07, 6.45) is 0.120. The Balaban J connectivity index is 1.72. The molecule has 1 atom stereocenters. The average Bonchev–Trinajstić information content (AvgIpc) is 2.97. The highest BCUT2D eigenvalue weighted by Crippen LogP contribution is 2.28. The van der Waals surface area contributed by atoms with Crippen molar-refractivity contribution in [1.82, 2.24) is 0 Å². The van der Waals surface area contributed by atoms with E-state index in [4.69, 9.17) is 0 Å². The number of non-ortho nitro benzene ring substituents is 1. The van der Waals surface area contributed by atoms with Crippen LogP contribution in [0.25, 0.3) is 0 Å². The Labute approximate surface area is 144 Å². The van der Waals surface area contributed by atoms with Gasteiger partial charge in [0.25, 0.3) is 5.69 Å². The summed E-state index contributed by atoms with van der Waals surface area (Å²) in [7, 11) is 0. The highest BCUT2D eigenvalue weighted by atomic mass is 16.6. The van der Waals surface area contributed by atoms with Crippen molar-refractivity contribution in [3.8, 4) is 0 Å². The third-order valence-corrected chi connectivity index (χ3v) is 4.23. The fraction of sp³-hybridized carbons (Fsp3) is 0.222. The van der Waals surface area contributed by atoms with Crippen LogP contribution in [0.4, 0.5) is 17.1 Å². The van der Waals surface area contributed by atoms with Gasteiger partial charge in [-0.2, -0.15) is 0 Å². The lowest BCUT2D eigenvalue weighted by Crippen LogP contribution is -2.28. The van der Waals surface area contributed by atoms with Crippen LogP contribution in [0.15, 0.2) is 48.5 Å². The summed E-state index contributed by atoms with van der Waals surface area (Å²) in [4.78, 5) is 36.6. The van der Waals surface area contributed by atoms with Crippen LogP contribution in [0.1, 0.15) is 12.0 Å². The first-order chi connectivity index (χ1) is 12.0. The summed E-state index contributed by atoms with van der Waals surface area (Å²) in [5, 5.41) is 13.5. The zero-order chi connectivity index (χ0) is 18.0. The Bertz CT molecular complexity index is 850. The predicted molar refractivity (Wildman–Crippen MR) is 93.4 cm³/mol. The van der Waals surface area contributed by atoms with Crippen LogP contribution in [0.5, 0.6) is 0 Å². The molecule has 7 heteroatoms. The Morgan fingerprint density at radius 2 is 2.00 bits per heavy atom. The van der Waals surface area contributed by atoms with E-state index in [9.17, 15) is 19.7 Å². The number of nitrogens with one attached hydrogen (secondary N) is 1. The standard InChI is InChI=1S/C18H17N3O4/c1-12-5-2-3-8-16(12)20-11-13(9-17(20)22)18(23)19-14-6-4-7-15(10-14)21(24)25/h2-8,10,13H,9,11H2,1H3,(H,19,23)/t13-/m0/s1. The van der Waals surface area contributed by atoms with Crippen LogP contribution in [0, 0.1) is 23.0 Å².